The Bertz CT molecular complexity index is 222. The molecule has 2 nitrogen and oxygen atoms in total. The van der Waals surface area contributed by atoms with Gasteiger partial charge in [-0.3, -0.25) is 0 Å². The van der Waals surface area contributed by atoms with E-state index in [-0.39, 0.29) is 0 Å². The summed E-state index contributed by atoms with van der Waals surface area (Å²) in [5.74, 6) is 0.385. The van der Waals surface area contributed by atoms with Crippen LogP contribution >= 0.6 is 7.26 Å². The topological polar surface area (TPSA) is 34.1 Å². The summed E-state index contributed by atoms with van der Waals surface area (Å²) >= 11 is 0. The summed E-state index contributed by atoms with van der Waals surface area (Å²) in [5.41, 5.74) is 0. The summed E-state index contributed by atoms with van der Waals surface area (Å²) in [6.07, 6.45) is 5.83. The molecule has 0 aromatic rings. The zero-order chi connectivity index (χ0) is 10.5. The summed E-state index contributed by atoms with van der Waals surface area (Å²) in [4.78, 5) is 0. The first kappa shape index (κ1) is 13.4. The van der Waals surface area contributed by atoms with Gasteiger partial charge in [0.2, 0.25) is 0 Å². The average molecular weight is 225 g/mol. The molecule has 4 heteroatoms. The highest BCUT2D eigenvalue weighted by Crippen LogP contribution is 2.57. The monoisotopic (exact) mass is 225 g/mol. The maximum Gasteiger partial charge on any atom is 0.151 e. The van der Waals surface area contributed by atoms with Crippen LogP contribution in [0.5, 0.6) is 0 Å². The smallest absolute Gasteiger partial charge is 0.151 e. The number of hydrogen-bond donors (Lipinski definition) is 0. The van der Waals surface area contributed by atoms with Crippen LogP contribution < -0.4 is 0 Å². The third-order valence-corrected chi connectivity index (χ3v) is 9.39. The van der Waals surface area contributed by atoms with Crippen molar-refractivity contribution in [2.45, 2.75) is 20.8 Å². The first-order valence-electron chi connectivity index (χ1n) is 4.92. The lowest BCUT2D eigenvalue weighted by Crippen LogP contribution is -2.15. The molecule has 0 rings (SSSR count). The normalized spacial score (nSPS) is 13.2. The minimum absolute atomic E-state index is 0.385. The summed E-state index contributed by atoms with van der Waals surface area (Å²) in [6, 6.07) is 0. The SMILES string of the molecule is CC[P+](CC)(CC)CCS(C)(=O)=O. The van der Waals surface area contributed by atoms with Crippen molar-refractivity contribution in [3.8, 4) is 0 Å². The van der Waals surface area contributed by atoms with Crippen LogP contribution in [0.2, 0.25) is 0 Å². The lowest BCUT2D eigenvalue weighted by atomic mass is 10.9. The van der Waals surface area contributed by atoms with Gasteiger partial charge in [0.1, 0.15) is 0 Å². The van der Waals surface area contributed by atoms with Gasteiger partial charge in [0, 0.05) is 13.5 Å². The number of rotatable bonds is 6. The molecule has 0 N–H and O–H groups in total. The highest BCUT2D eigenvalue weighted by Gasteiger charge is 2.31. The summed E-state index contributed by atoms with van der Waals surface area (Å²) in [7, 11) is -3.67. The second kappa shape index (κ2) is 5.31. The molecule has 0 fully saturated rings. The van der Waals surface area contributed by atoms with Gasteiger partial charge in [-0.1, -0.05) is 0 Å². The van der Waals surface area contributed by atoms with Crippen LogP contribution in [0.3, 0.4) is 0 Å². The van der Waals surface area contributed by atoms with Crippen LogP contribution in [0.4, 0.5) is 0 Å². The molecule has 0 aliphatic carbocycles. The van der Waals surface area contributed by atoms with E-state index < -0.39 is 17.1 Å². The molecule has 0 saturated heterocycles. The van der Waals surface area contributed by atoms with E-state index in [1.54, 1.807) is 0 Å². The predicted octanol–water partition coefficient (Wildman–Crippen LogP) is 2.11. The van der Waals surface area contributed by atoms with Crippen molar-refractivity contribution in [1.29, 1.82) is 0 Å². The Morgan fingerprint density at radius 2 is 1.38 bits per heavy atom. The maximum absolute atomic E-state index is 11.0. The lowest BCUT2D eigenvalue weighted by molar-refractivity contribution is 0.603. The Kier molecular flexibility index (Phi) is 5.46. The standard InChI is InChI=1S/C9H22O2PS/c1-5-12(6-2,7-3)8-9-13(4,10)11/h5-9H2,1-4H3/q+1. The van der Waals surface area contributed by atoms with Crippen LogP contribution in [0.25, 0.3) is 0 Å². The van der Waals surface area contributed by atoms with Crippen molar-refractivity contribution in [3.63, 3.8) is 0 Å². The van der Waals surface area contributed by atoms with Crippen LogP contribution in [-0.2, 0) is 9.84 Å². The molecule has 0 aliphatic rings. The molecule has 13 heavy (non-hydrogen) atoms. The van der Waals surface area contributed by atoms with Crippen LogP contribution in [0.1, 0.15) is 20.8 Å². The van der Waals surface area contributed by atoms with Crippen molar-refractivity contribution >= 4 is 17.1 Å². The van der Waals surface area contributed by atoms with Crippen LogP contribution in [0, 0.1) is 0 Å². The third kappa shape index (κ3) is 4.97. The molecule has 0 aromatic heterocycles. The first-order valence-corrected chi connectivity index (χ1v) is 9.51. The Labute approximate surface area is 83.4 Å². The van der Waals surface area contributed by atoms with E-state index in [2.05, 4.69) is 20.8 Å². The van der Waals surface area contributed by atoms with Gasteiger partial charge in [0.25, 0.3) is 0 Å². The molecule has 0 spiro atoms. The summed E-state index contributed by atoms with van der Waals surface area (Å²) in [6.45, 7) is 6.59. The molecule has 0 aliphatic heterocycles. The molecule has 0 radical (unpaired) electrons. The molecular weight excluding hydrogens is 203 g/mol. The molecule has 0 unspecified atom stereocenters. The second-order valence-electron chi connectivity index (χ2n) is 3.64. The van der Waals surface area contributed by atoms with E-state index in [0.717, 1.165) is 6.16 Å². The zero-order valence-corrected chi connectivity index (χ0v) is 10.9. The van der Waals surface area contributed by atoms with E-state index in [9.17, 15) is 8.42 Å². The Balaban J connectivity index is 4.27. The van der Waals surface area contributed by atoms with Gasteiger partial charge in [-0.25, -0.2) is 8.42 Å². The van der Waals surface area contributed by atoms with E-state index in [1.807, 2.05) is 0 Å². The van der Waals surface area contributed by atoms with E-state index in [0.29, 0.717) is 5.75 Å². The summed E-state index contributed by atoms with van der Waals surface area (Å²) < 4.78 is 22.1. The van der Waals surface area contributed by atoms with Crippen LogP contribution in [-0.4, -0.2) is 45.1 Å². The Hall–Kier alpha value is 0.380. The largest absolute Gasteiger partial charge is 0.229 e. The van der Waals surface area contributed by atoms with Gasteiger partial charge in [-0.2, -0.15) is 0 Å². The van der Waals surface area contributed by atoms with Crippen molar-refractivity contribution in [2.24, 2.45) is 0 Å². The van der Waals surface area contributed by atoms with Crippen LogP contribution in [0.15, 0.2) is 0 Å². The highest BCUT2D eigenvalue weighted by atomic mass is 32.2. The molecule has 80 valence electrons. The van der Waals surface area contributed by atoms with Crippen molar-refractivity contribution in [1.82, 2.24) is 0 Å². The fourth-order valence-corrected chi connectivity index (χ4v) is 6.67. The predicted molar refractivity (Wildman–Crippen MR) is 63.1 cm³/mol. The quantitative estimate of drug-likeness (QED) is 0.649. The first-order chi connectivity index (χ1) is 5.89. The van der Waals surface area contributed by atoms with Gasteiger partial charge in [-0.15, -0.1) is 0 Å². The number of sulfone groups is 1. The van der Waals surface area contributed by atoms with E-state index >= 15 is 0 Å². The molecule has 0 amide bonds. The third-order valence-electron chi connectivity index (χ3n) is 2.95. The zero-order valence-electron chi connectivity index (χ0n) is 9.21. The molecule has 0 heterocycles. The van der Waals surface area contributed by atoms with Gasteiger partial charge < -0.3 is 0 Å². The Morgan fingerprint density at radius 3 is 1.62 bits per heavy atom. The van der Waals surface area contributed by atoms with Crippen molar-refractivity contribution < 1.29 is 8.42 Å². The lowest BCUT2D eigenvalue weighted by Gasteiger charge is -2.22. The molecule has 0 saturated carbocycles. The van der Waals surface area contributed by atoms with Gasteiger partial charge >= 0.3 is 0 Å². The van der Waals surface area contributed by atoms with E-state index in [1.165, 1.54) is 24.7 Å². The van der Waals surface area contributed by atoms with E-state index in [4.69, 9.17) is 0 Å². The van der Waals surface area contributed by atoms with Gasteiger partial charge in [0.05, 0.1) is 30.4 Å². The molecule has 0 aromatic carbocycles. The molecule has 0 atom stereocenters. The Morgan fingerprint density at radius 1 is 1.00 bits per heavy atom. The van der Waals surface area contributed by atoms with Crippen molar-refractivity contribution in [3.05, 3.63) is 0 Å². The maximum atomic E-state index is 11.0. The van der Waals surface area contributed by atoms with Gasteiger partial charge in [0.15, 0.2) is 9.84 Å². The fourth-order valence-electron chi connectivity index (χ4n) is 1.50. The minimum atomic E-state index is -2.76. The average Bonchev–Trinajstić information content (AvgIpc) is 2.06. The fraction of sp³-hybridized carbons (Fsp3) is 1.00. The summed E-state index contributed by atoms with van der Waals surface area (Å²) in [5, 5.41) is 0. The second-order valence-corrected chi connectivity index (χ2v) is 10.9. The molecular formula is C9H22O2PS+. The highest BCUT2D eigenvalue weighted by molar-refractivity contribution is 7.91. The minimum Gasteiger partial charge on any atom is -0.229 e. The molecule has 0 bridgehead atoms. The van der Waals surface area contributed by atoms with Gasteiger partial charge in [-0.05, 0) is 20.8 Å². The van der Waals surface area contributed by atoms with Crippen molar-refractivity contribution in [2.75, 3.05) is 36.7 Å². The number of hydrogen-bond acceptors (Lipinski definition) is 2.